The number of benzene rings is 3. The van der Waals surface area contributed by atoms with E-state index in [4.69, 9.17) is 14.2 Å². The van der Waals surface area contributed by atoms with Crippen LogP contribution in [0.5, 0.6) is 17.2 Å². The minimum atomic E-state index is -4.30. The van der Waals surface area contributed by atoms with Crippen LogP contribution < -0.4 is 23.8 Å². The van der Waals surface area contributed by atoms with Crippen LogP contribution in [0.1, 0.15) is 38.3 Å². The Kier molecular flexibility index (Phi) is 11.8. The summed E-state index contributed by atoms with van der Waals surface area (Å²) in [6, 6.07) is 17.4. The van der Waals surface area contributed by atoms with Crippen molar-refractivity contribution in [3.8, 4) is 17.2 Å². The normalized spacial score (nSPS) is 11.8. The minimum absolute atomic E-state index is 0.0916. The highest BCUT2D eigenvalue weighted by Crippen LogP contribution is 2.33. The Morgan fingerprint density at radius 3 is 2.21 bits per heavy atom. The monoisotopic (exact) mass is 611 g/mol. The molecule has 0 saturated carbocycles. The van der Waals surface area contributed by atoms with E-state index in [1.165, 1.54) is 37.3 Å². The molecule has 0 saturated heterocycles. The molecule has 0 aromatic heterocycles. The maximum absolute atomic E-state index is 14.2. The molecule has 0 radical (unpaired) electrons. The van der Waals surface area contributed by atoms with Crippen LogP contribution in [-0.4, -0.2) is 65.1 Å². The van der Waals surface area contributed by atoms with Crippen LogP contribution in [-0.2, 0) is 26.2 Å². The Morgan fingerprint density at radius 1 is 0.930 bits per heavy atom. The molecule has 232 valence electrons. The number of ether oxygens (including phenoxy) is 3. The zero-order chi connectivity index (χ0) is 31.6. The van der Waals surface area contributed by atoms with Crippen LogP contribution in [0, 0.1) is 6.92 Å². The SMILES string of the molecule is CCCNC(=O)[C@@H](C)N(Cc1ccccc1C)C(=O)CN(c1ccc(OCC)cc1)S(=O)(=O)c1ccc(OC)c(OC)c1. The lowest BCUT2D eigenvalue weighted by Crippen LogP contribution is -2.51. The third-order valence-corrected chi connectivity index (χ3v) is 8.75. The predicted molar refractivity (Wildman–Crippen MR) is 166 cm³/mol. The highest BCUT2D eigenvalue weighted by molar-refractivity contribution is 7.92. The minimum Gasteiger partial charge on any atom is -0.494 e. The summed E-state index contributed by atoms with van der Waals surface area (Å²) in [5.74, 6) is 0.285. The quantitative estimate of drug-likeness (QED) is 0.268. The zero-order valence-corrected chi connectivity index (χ0v) is 26.4. The number of nitrogens with zero attached hydrogens (tertiary/aromatic N) is 2. The van der Waals surface area contributed by atoms with Crippen LogP contribution in [0.25, 0.3) is 0 Å². The van der Waals surface area contributed by atoms with Crippen molar-refractivity contribution in [3.63, 3.8) is 0 Å². The summed E-state index contributed by atoms with van der Waals surface area (Å²) in [6.45, 7) is 7.83. The van der Waals surface area contributed by atoms with E-state index in [1.807, 2.05) is 45.0 Å². The van der Waals surface area contributed by atoms with Crippen molar-refractivity contribution >= 4 is 27.5 Å². The molecule has 11 heteroatoms. The number of sulfonamides is 1. The van der Waals surface area contributed by atoms with Gasteiger partial charge in [0.25, 0.3) is 10.0 Å². The van der Waals surface area contributed by atoms with Crippen molar-refractivity contribution in [3.05, 3.63) is 77.9 Å². The summed E-state index contributed by atoms with van der Waals surface area (Å²) < 4.78 is 45.5. The average Bonchev–Trinajstić information content (AvgIpc) is 3.01. The molecule has 0 spiro atoms. The first-order valence-electron chi connectivity index (χ1n) is 14.2. The number of hydrogen-bond acceptors (Lipinski definition) is 7. The van der Waals surface area contributed by atoms with Crippen LogP contribution in [0.3, 0.4) is 0 Å². The van der Waals surface area contributed by atoms with Gasteiger partial charge in [0.1, 0.15) is 18.3 Å². The summed E-state index contributed by atoms with van der Waals surface area (Å²) in [7, 11) is -1.43. The van der Waals surface area contributed by atoms with Gasteiger partial charge >= 0.3 is 0 Å². The van der Waals surface area contributed by atoms with Gasteiger partial charge in [-0.2, -0.15) is 0 Å². The number of carbonyl (C=O) groups is 2. The first-order chi connectivity index (χ1) is 20.6. The fraction of sp³-hybridized carbons (Fsp3) is 0.375. The molecule has 0 fully saturated rings. The number of nitrogens with one attached hydrogen (secondary N) is 1. The van der Waals surface area contributed by atoms with E-state index in [0.717, 1.165) is 21.9 Å². The Bertz CT molecular complexity index is 1490. The van der Waals surface area contributed by atoms with Gasteiger partial charge < -0.3 is 24.4 Å². The number of rotatable bonds is 15. The van der Waals surface area contributed by atoms with Gasteiger partial charge in [0, 0.05) is 19.2 Å². The molecule has 0 aliphatic heterocycles. The lowest BCUT2D eigenvalue weighted by atomic mass is 10.1. The van der Waals surface area contributed by atoms with Gasteiger partial charge in [-0.1, -0.05) is 31.2 Å². The molecule has 3 rings (SSSR count). The summed E-state index contributed by atoms with van der Waals surface area (Å²) in [5.41, 5.74) is 2.05. The molecule has 0 heterocycles. The number of amides is 2. The Labute approximate surface area is 254 Å². The topological polar surface area (TPSA) is 114 Å². The molecule has 0 bridgehead atoms. The third kappa shape index (κ3) is 8.19. The van der Waals surface area contributed by atoms with E-state index in [9.17, 15) is 18.0 Å². The van der Waals surface area contributed by atoms with Crippen LogP contribution in [0.2, 0.25) is 0 Å². The fourth-order valence-corrected chi connectivity index (χ4v) is 5.89. The van der Waals surface area contributed by atoms with Crippen molar-refractivity contribution in [1.29, 1.82) is 0 Å². The molecule has 43 heavy (non-hydrogen) atoms. The average molecular weight is 612 g/mol. The summed E-state index contributed by atoms with van der Waals surface area (Å²) >= 11 is 0. The van der Waals surface area contributed by atoms with E-state index in [2.05, 4.69) is 5.32 Å². The summed E-state index contributed by atoms with van der Waals surface area (Å²) in [4.78, 5) is 28.5. The van der Waals surface area contributed by atoms with Gasteiger partial charge in [0.15, 0.2) is 11.5 Å². The number of hydrogen-bond donors (Lipinski definition) is 1. The van der Waals surface area contributed by atoms with Crippen LogP contribution >= 0.6 is 0 Å². The molecule has 0 aliphatic rings. The molecule has 0 unspecified atom stereocenters. The summed E-state index contributed by atoms with van der Waals surface area (Å²) in [6.07, 6.45) is 0.735. The predicted octanol–water partition coefficient (Wildman–Crippen LogP) is 4.55. The Balaban J connectivity index is 2.08. The van der Waals surface area contributed by atoms with Gasteiger partial charge in [-0.15, -0.1) is 0 Å². The largest absolute Gasteiger partial charge is 0.494 e. The number of carbonyl (C=O) groups excluding carboxylic acids is 2. The van der Waals surface area contributed by atoms with Gasteiger partial charge in [0.2, 0.25) is 11.8 Å². The zero-order valence-electron chi connectivity index (χ0n) is 25.6. The Morgan fingerprint density at radius 2 is 1.60 bits per heavy atom. The fourth-order valence-electron chi connectivity index (χ4n) is 4.46. The van der Waals surface area contributed by atoms with Gasteiger partial charge in [-0.05, 0) is 74.7 Å². The number of anilines is 1. The maximum Gasteiger partial charge on any atom is 0.264 e. The second-order valence-corrected chi connectivity index (χ2v) is 11.7. The van der Waals surface area contributed by atoms with Crippen molar-refractivity contribution in [2.45, 2.75) is 51.6 Å². The molecule has 3 aromatic carbocycles. The van der Waals surface area contributed by atoms with E-state index in [0.29, 0.717) is 24.7 Å². The molecule has 1 atom stereocenters. The van der Waals surface area contributed by atoms with Crippen molar-refractivity contribution < 1.29 is 32.2 Å². The molecular formula is C32H41N3O7S. The van der Waals surface area contributed by atoms with Crippen molar-refractivity contribution in [1.82, 2.24) is 10.2 Å². The van der Waals surface area contributed by atoms with Gasteiger partial charge in [0.05, 0.1) is 31.4 Å². The highest BCUT2D eigenvalue weighted by atomic mass is 32.2. The second kappa shape index (κ2) is 15.3. The van der Waals surface area contributed by atoms with Crippen LogP contribution in [0.15, 0.2) is 71.6 Å². The molecule has 10 nitrogen and oxygen atoms in total. The van der Waals surface area contributed by atoms with E-state index in [1.54, 1.807) is 31.2 Å². The summed E-state index contributed by atoms with van der Waals surface area (Å²) in [5, 5.41) is 2.85. The smallest absolute Gasteiger partial charge is 0.264 e. The van der Waals surface area contributed by atoms with E-state index >= 15 is 0 Å². The lowest BCUT2D eigenvalue weighted by molar-refractivity contribution is -0.139. The lowest BCUT2D eigenvalue weighted by Gasteiger charge is -2.32. The standard InChI is InChI=1S/C32H41N3O7S/c1-7-19-33-32(37)24(4)34(21-25-12-10-9-11-23(25)3)31(36)22-35(26-13-15-27(16-14-26)42-8-2)43(38,39)28-17-18-29(40-5)30(20-28)41-6/h9-18,20,24H,7-8,19,21-22H2,1-6H3,(H,33,37)/t24-/m1/s1. The molecular weight excluding hydrogens is 570 g/mol. The van der Waals surface area contributed by atoms with Crippen molar-refractivity contribution in [2.24, 2.45) is 0 Å². The van der Waals surface area contributed by atoms with E-state index < -0.39 is 28.5 Å². The molecule has 2 amide bonds. The number of aryl methyl sites for hydroxylation is 1. The van der Waals surface area contributed by atoms with E-state index in [-0.39, 0.29) is 28.8 Å². The first-order valence-corrected chi connectivity index (χ1v) is 15.6. The first kappa shape index (κ1) is 33.3. The molecule has 0 aliphatic carbocycles. The highest BCUT2D eigenvalue weighted by Gasteiger charge is 2.33. The maximum atomic E-state index is 14.2. The number of methoxy groups -OCH3 is 2. The third-order valence-electron chi connectivity index (χ3n) is 6.98. The van der Waals surface area contributed by atoms with Crippen LogP contribution in [0.4, 0.5) is 5.69 Å². The molecule has 1 N–H and O–H groups in total. The van der Waals surface area contributed by atoms with Crippen molar-refractivity contribution in [2.75, 3.05) is 38.2 Å². The second-order valence-electron chi connectivity index (χ2n) is 9.87. The Hall–Kier alpha value is -4.25. The molecule has 3 aromatic rings. The van der Waals surface area contributed by atoms with Gasteiger partial charge in [-0.25, -0.2) is 8.42 Å². The van der Waals surface area contributed by atoms with Gasteiger partial charge in [-0.3, -0.25) is 13.9 Å².